The molecule has 0 aliphatic rings. The van der Waals surface area contributed by atoms with Crippen LogP contribution in [0.1, 0.15) is 21.5 Å². The van der Waals surface area contributed by atoms with E-state index >= 15 is 0 Å². The number of aromatic nitrogens is 1. The Kier molecular flexibility index (Phi) is 4.99. The van der Waals surface area contributed by atoms with Crippen LogP contribution < -0.4 is 4.80 Å². The van der Waals surface area contributed by atoms with Crippen LogP contribution >= 0.6 is 11.3 Å². The summed E-state index contributed by atoms with van der Waals surface area (Å²) in [5, 5.41) is 0. The topological polar surface area (TPSA) is 60.7 Å². The molecule has 7 heteroatoms. The van der Waals surface area contributed by atoms with E-state index in [9.17, 15) is 14.0 Å². The Bertz CT molecular complexity index is 1060. The Morgan fingerprint density at radius 3 is 2.46 bits per heavy atom. The predicted molar refractivity (Wildman–Crippen MR) is 97.6 cm³/mol. The van der Waals surface area contributed by atoms with Crippen LogP contribution in [0.5, 0.6) is 0 Å². The van der Waals surface area contributed by atoms with Gasteiger partial charge in [0.25, 0.3) is 5.91 Å². The molecule has 0 radical (unpaired) electrons. The first-order valence-corrected chi connectivity index (χ1v) is 8.72. The SMILES string of the molecule is COC(=O)Cn1c(=NC(=O)c2ccc(F)cc2)sc2cc(C)c(C)cc21. The molecule has 0 spiro atoms. The molecule has 0 bridgehead atoms. The van der Waals surface area contributed by atoms with Gasteiger partial charge in [-0.3, -0.25) is 9.59 Å². The van der Waals surface area contributed by atoms with Crippen molar-refractivity contribution in [1.82, 2.24) is 4.57 Å². The summed E-state index contributed by atoms with van der Waals surface area (Å²) >= 11 is 1.32. The van der Waals surface area contributed by atoms with Gasteiger partial charge in [0.05, 0.1) is 17.3 Å². The number of carbonyl (C=O) groups excluding carboxylic acids is 2. The summed E-state index contributed by atoms with van der Waals surface area (Å²) in [6, 6.07) is 9.16. The average Bonchev–Trinajstić information content (AvgIpc) is 2.92. The van der Waals surface area contributed by atoms with E-state index in [-0.39, 0.29) is 12.1 Å². The maximum absolute atomic E-state index is 13.0. The first-order chi connectivity index (χ1) is 12.4. The molecule has 134 valence electrons. The molecule has 0 atom stereocenters. The number of amides is 1. The van der Waals surface area contributed by atoms with Crippen molar-refractivity contribution in [3.63, 3.8) is 0 Å². The number of nitrogens with zero attached hydrogens (tertiary/aromatic N) is 2. The van der Waals surface area contributed by atoms with E-state index in [1.165, 1.54) is 42.7 Å². The number of benzene rings is 2. The van der Waals surface area contributed by atoms with Crippen LogP contribution in [0.4, 0.5) is 4.39 Å². The number of rotatable bonds is 3. The molecule has 0 fully saturated rings. The van der Waals surface area contributed by atoms with E-state index in [0.29, 0.717) is 4.80 Å². The van der Waals surface area contributed by atoms with Gasteiger partial charge in [-0.05, 0) is 61.4 Å². The Labute approximate surface area is 153 Å². The number of carbonyl (C=O) groups is 2. The smallest absolute Gasteiger partial charge is 0.325 e. The van der Waals surface area contributed by atoms with Crippen LogP contribution in [-0.2, 0) is 16.1 Å². The first-order valence-electron chi connectivity index (χ1n) is 7.91. The number of esters is 1. The molecule has 26 heavy (non-hydrogen) atoms. The lowest BCUT2D eigenvalue weighted by Gasteiger charge is -2.05. The molecule has 5 nitrogen and oxygen atoms in total. The minimum Gasteiger partial charge on any atom is -0.468 e. The highest BCUT2D eigenvalue weighted by Crippen LogP contribution is 2.22. The van der Waals surface area contributed by atoms with Gasteiger partial charge in [0, 0.05) is 5.56 Å². The molecule has 0 aliphatic carbocycles. The second-order valence-corrected chi connectivity index (χ2v) is 6.88. The largest absolute Gasteiger partial charge is 0.468 e. The highest BCUT2D eigenvalue weighted by Gasteiger charge is 2.13. The second-order valence-electron chi connectivity index (χ2n) is 5.87. The Morgan fingerprint density at radius 2 is 1.81 bits per heavy atom. The third-order valence-electron chi connectivity index (χ3n) is 4.10. The molecule has 0 unspecified atom stereocenters. The van der Waals surface area contributed by atoms with Crippen molar-refractivity contribution in [2.24, 2.45) is 4.99 Å². The van der Waals surface area contributed by atoms with Gasteiger partial charge in [-0.25, -0.2) is 4.39 Å². The highest BCUT2D eigenvalue weighted by molar-refractivity contribution is 7.16. The van der Waals surface area contributed by atoms with E-state index in [4.69, 9.17) is 4.74 Å². The monoisotopic (exact) mass is 372 g/mol. The van der Waals surface area contributed by atoms with E-state index < -0.39 is 17.7 Å². The number of hydrogen-bond acceptors (Lipinski definition) is 4. The van der Waals surface area contributed by atoms with Crippen molar-refractivity contribution in [1.29, 1.82) is 0 Å². The fourth-order valence-corrected chi connectivity index (χ4v) is 3.60. The van der Waals surface area contributed by atoms with Gasteiger partial charge in [-0.15, -0.1) is 0 Å². The molecule has 1 aromatic heterocycles. The highest BCUT2D eigenvalue weighted by atomic mass is 32.1. The van der Waals surface area contributed by atoms with E-state index in [1.54, 1.807) is 4.57 Å². The van der Waals surface area contributed by atoms with E-state index in [2.05, 4.69) is 4.99 Å². The third-order valence-corrected chi connectivity index (χ3v) is 5.14. The molecular weight excluding hydrogens is 355 g/mol. The molecule has 0 saturated carbocycles. The van der Waals surface area contributed by atoms with Crippen LogP contribution in [0.25, 0.3) is 10.2 Å². The average molecular weight is 372 g/mol. The maximum Gasteiger partial charge on any atom is 0.325 e. The van der Waals surface area contributed by atoms with Crippen molar-refractivity contribution >= 4 is 33.4 Å². The molecule has 0 aliphatic heterocycles. The molecule has 0 saturated heterocycles. The van der Waals surface area contributed by atoms with Gasteiger partial charge in [0.2, 0.25) is 0 Å². The van der Waals surface area contributed by atoms with Crippen LogP contribution in [0.3, 0.4) is 0 Å². The zero-order valence-corrected chi connectivity index (χ0v) is 15.4. The lowest BCUT2D eigenvalue weighted by molar-refractivity contribution is -0.141. The van der Waals surface area contributed by atoms with Crippen LogP contribution in [0.2, 0.25) is 0 Å². The summed E-state index contributed by atoms with van der Waals surface area (Å²) in [5.41, 5.74) is 3.28. The quantitative estimate of drug-likeness (QED) is 0.662. The molecule has 3 aromatic rings. The number of methoxy groups -OCH3 is 1. The fourth-order valence-electron chi connectivity index (χ4n) is 2.50. The van der Waals surface area contributed by atoms with Gasteiger partial charge in [-0.1, -0.05) is 11.3 Å². The summed E-state index contributed by atoms with van der Waals surface area (Å²) in [6.07, 6.45) is 0. The summed E-state index contributed by atoms with van der Waals surface area (Å²) in [4.78, 5) is 28.8. The minimum absolute atomic E-state index is 0.0471. The van der Waals surface area contributed by atoms with E-state index in [0.717, 1.165) is 21.3 Å². The van der Waals surface area contributed by atoms with Gasteiger partial charge in [0.1, 0.15) is 12.4 Å². The number of thiazole rings is 1. The Morgan fingerprint density at radius 1 is 1.15 bits per heavy atom. The molecule has 0 N–H and O–H groups in total. The number of ether oxygens (including phenoxy) is 1. The predicted octanol–water partition coefficient (Wildman–Crippen LogP) is 3.37. The molecule has 1 amide bonds. The first kappa shape index (κ1) is 18.0. The normalized spacial score (nSPS) is 11.8. The van der Waals surface area contributed by atoms with Gasteiger partial charge in [0.15, 0.2) is 4.80 Å². The summed E-state index contributed by atoms with van der Waals surface area (Å²) in [5.74, 6) is -1.35. The number of halogens is 1. The van der Waals surface area contributed by atoms with Crippen LogP contribution in [0.15, 0.2) is 41.4 Å². The summed E-state index contributed by atoms with van der Waals surface area (Å²) in [6.45, 7) is 3.93. The zero-order chi connectivity index (χ0) is 18.8. The Hall–Kier alpha value is -2.80. The molecule has 3 rings (SSSR count). The van der Waals surface area contributed by atoms with Gasteiger partial charge < -0.3 is 9.30 Å². The van der Waals surface area contributed by atoms with Crippen LogP contribution in [0, 0.1) is 19.7 Å². The van der Waals surface area contributed by atoms with Gasteiger partial charge >= 0.3 is 5.97 Å². The summed E-state index contributed by atoms with van der Waals surface area (Å²) in [7, 11) is 1.31. The zero-order valence-electron chi connectivity index (χ0n) is 14.6. The lowest BCUT2D eigenvalue weighted by atomic mass is 10.1. The molecule has 2 aromatic carbocycles. The number of hydrogen-bond donors (Lipinski definition) is 0. The minimum atomic E-state index is -0.497. The number of aryl methyl sites for hydroxylation is 2. The van der Waals surface area contributed by atoms with Crippen molar-refractivity contribution in [2.45, 2.75) is 20.4 Å². The number of fused-ring (bicyclic) bond motifs is 1. The Balaban J connectivity index is 2.16. The van der Waals surface area contributed by atoms with Crippen molar-refractivity contribution < 1.29 is 18.7 Å². The third kappa shape index (κ3) is 3.57. The van der Waals surface area contributed by atoms with E-state index in [1.807, 2.05) is 26.0 Å². The van der Waals surface area contributed by atoms with Crippen molar-refractivity contribution in [3.8, 4) is 0 Å². The molecular formula is C19H17FN2O3S. The second kappa shape index (κ2) is 7.21. The molecule has 1 heterocycles. The van der Waals surface area contributed by atoms with Crippen molar-refractivity contribution in [2.75, 3.05) is 7.11 Å². The van der Waals surface area contributed by atoms with Crippen LogP contribution in [-0.4, -0.2) is 23.6 Å². The summed E-state index contributed by atoms with van der Waals surface area (Å²) < 4.78 is 20.4. The van der Waals surface area contributed by atoms with Gasteiger partial charge in [-0.2, -0.15) is 4.99 Å². The lowest BCUT2D eigenvalue weighted by Crippen LogP contribution is -2.22. The fraction of sp³-hybridized carbons (Fsp3) is 0.211. The standard InChI is InChI=1S/C19H17FN2O3S/c1-11-8-15-16(9-12(11)2)26-19(22(15)10-17(23)25-3)21-18(24)13-4-6-14(20)7-5-13/h4-9H,10H2,1-3H3. The maximum atomic E-state index is 13.0. The van der Waals surface area contributed by atoms with Crippen molar-refractivity contribution in [3.05, 3.63) is 63.7 Å².